The largest absolute Gasteiger partial charge is 0.357 e. The van der Waals surface area contributed by atoms with Gasteiger partial charge in [-0.2, -0.15) is 0 Å². The van der Waals surface area contributed by atoms with E-state index in [0.717, 1.165) is 21.0 Å². The van der Waals surface area contributed by atoms with E-state index in [4.69, 9.17) is 23.2 Å². The molecule has 0 aromatic heterocycles. The van der Waals surface area contributed by atoms with Crippen molar-refractivity contribution in [2.75, 3.05) is 17.9 Å². The quantitative estimate of drug-likeness (QED) is 0.201. The minimum Gasteiger partial charge on any atom is -0.357 e. The maximum absolute atomic E-state index is 14.5. The highest BCUT2D eigenvalue weighted by Gasteiger charge is 2.35. The van der Waals surface area contributed by atoms with Gasteiger partial charge in [0.25, 0.3) is 10.0 Å². The topological polar surface area (TPSA) is 86.8 Å². The molecule has 1 unspecified atom stereocenters. The number of carbonyl (C=O) groups is 2. The Labute approximate surface area is 269 Å². The Bertz CT molecular complexity index is 1730. The van der Waals surface area contributed by atoms with E-state index in [9.17, 15) is 18.0 Å². The molecule has 4 aromatic carbocycles. The van der Waals surface area contributed by atoms with Crippen molar-refractivity contribution in [3.05, 3.63) is 129 Å². The standard InChI is InChI=1S/C34H35Cl2N3O4S/c1-23-13-16-27(17-14-23)44(42,43)39(31-18-15-24(2)19-25(31)3)22-33(40)38(21-28-29(35)11-8-12-30(28)36)32(34(41)37-4)20-26-9-6-5-7-10-26/h5-19,32H,20-22H2,1-4H3,(H,37,41). The van der Waals surface area contributed by atoms with Crippen LogP contribution in [0.4, 0.5) is 5.69 Å². The number of likely N-dealkylation sites (N-methyl/N-ethyl adjacent to an activating group) is 1. The summed E-state index contributed by atoms with van der Waals surface area (Å²) in [4.78, 5) is 29.3. The molecule has 0 aliphatic heterocycles. The van der Waals surface area contributed by atoms with Crippen LogP contribution in [0.3, 0.4) is 0 Å². The predicted octanol–water partition coefficient (Wildman–Crippen LogP) is 6.50. The van der Waals surface area contributed by atoms with Gasteiger partial charge >= 0.3 is 0 Å². The molecule has 0 saturated carbocycles. The van der Waals surface area contributed by atoms with E-state index >= 15 is 0 Å². The van der Waals surface area contributed by atoms with Crippen molar-refractivity contribution in [1.29, 1.82) is 0 Å². The zero-order valence-electron chi connectivity index (χ0n) is 25.1. The molecule has 0 saturated heterocycles. The third kappa shape index (κ3) is 7.62. The van der Waals surface area contributed by atoms with Gasteiger partial charge in [0, 0.05) is 35.6 Å². The van der Waals surface area contributed by atoms with Crippen molar-refractivity contribution in [3.8, 4) is 0 Å². The fourth-order valence-corrected chi connectivity index (χ4v) is 7.01. The zero-order chi connectivity index (χ0) is 32.0. The monoisotopic (exact) mass is 651 g/mol. The number of hydrogen-bond acceptors (Lipinski definition) is 4. The average molecular weight is 653 g/mol. The maximum atomic E-state index is 14.5. The van der Waals surface area contributed by atoms with E-state index in [0.29, 0.717) is 26.9 Å². The van der Waals surface area contributed by atoms with Crippen LogP contribution < -0.4 is 9.62 Å². The number of carbonyl (C=O) groups excluding carboxylic acids is 2. The fourth-order valence-electron chi connectivity index (χ4n) is 5.01. The van der Waals surface area contributed by atoms with Crippen LogP contribution in [-0.4, -0.2) is 44.8 Å². The summed E-state index contributed by atoms with van der Waals surface area (Å²) in [6, 6.07) is 25.1. The number of hydrogen-bond donors (Lipinski definition) is 1. The molecule has 230 valence electrons. The third-order valence-corrected chi connectivity index (χ3v) is 9.90. The number of anilines is 1. The Kier molecular flexibility index (Phi) is 10.7. The van der Waals surface area contributed by atoms with Gasteiger partial charge in [-0.1, -0.05) is 95.0 Å². The predicted molar refractivity (Wildman–Crippen MR) is 177 cm³/mol. The minimum atomic E-state index is -4.20. The molecule has 1 N–H and O–H groups in total. The fraction of sp³-hybridized carbons (Fsp3) is 0.235. The summed E-state index contributed by atoms with van der Waals surface area (Å²) >= 11 is 13.1. The van der Waals surface area contributed by atoms with Crippen LogP contribution in [0, 0.1) is 20.8 Å². The molecule has 7 nitrogen and oxygen atoms in total. The maximum Gasteiger partial charge on any atom is 0.264 e. The van der Waals surface area contributed by atoms with Crippen molar-refractivity contribution >= 4 is 50.7 Å². The first-order valence-corrected chi connectivity index (χ1v) is 16.3. The number of nitrogens with zero attached hydrogens (tertiary/aromatic N) is 2. The van der Waals surface area contributed by atoms with Crippen molar-refractivity contribution in [1.82, 2.24) is 10.2 Å². The van der Waals surface area contributed by atoms with E-state index in [1.54, 1.807) is 49.4 Å². The van der Waals surface area contributed by atoms with Gasteiger partial charge < -0.3 is 10.2 Å². The second kappa shape index (κ2) is 14.3. The Hall–Kier alpha value is -3.85. The highest BCUT2D eigenvalue weighted by atomic mass is 35.5. The summed E-state index contributed by atoms with van der Waals surface area (Å²) in [6.45, 7) is 4.89. The lowest BCUT2D eigenvalue weighted by Gasteiger charge is -2.34. The Morgan fingerprint density at radius 1 is 0.818 bits per heavy atom. The van der Waals surface area contributed by atoms with Gasteiger partial charge in [-0.3, -0.25) is 13.9 Å². The molecule has 1 atom stereocenters. The SMILES string of the molecule is CNC(=O)C(Cc1ccccc1)N(Cc1c(Cl)cccc1Cl)C(=O)CN(c1ccc(C)cc1C)S(=O)(=O)c1ccc(C)cc1. The molecule has 4 rings (SSSR count). The molecule has 2 amide bonds. The van der Waals surface area contributed by atoms with E-state index < -0.39 is 34.4 Å². The summed E-state index contributed by atoms with van der Waals surface area (Å²) in [5.41, 5.74) is 4.16. The van der Waals surface area contributed by atoms with E-state index in [-0.39, 0.29) is 17.9 Å². The van der Waals surface area contributed by atoms with Crippen LogP contribution in [0.2, 0.25) is 10.0 Å². The molecular weight excluding hydrogens is 617 g/mol. The lowest BCUT2D eigenvalue weighted by Crippen LogP contribution is -2.53. The lowest BCUT2D eigenvalue weighted by atomic mass is 10.0. The van der Waals surface area contributed by atoms with Crippen LogP contribution in [0.5, 0.6) is 0 Å². The number of sulfonamides is 1. The lowest BCUT2D eigenvalue weighted by molar-refractivity contribution is -0.139. The third-order valence-electron chi connectivity index (χ3n) is 7.42. The number of benzene rings is 4. The van der Waals surface area contributed by atoms with Crippen LogP contribution in [0.25, 0.3) is 0 Å². The van der Waals surface area contributed by atoms with Crippen LogP contribution in [0.1, 0.15) is 27.8 Å². The first kappa shape index (κ1) is 33.1. The number of aryl methyl sites for hydroxylation is 3. The Morgan fingerprint density at radius 3 is 2.02 bits per heavy atom. The summed E-state index contributed by atoms with van der Waals surface area (Å²) in [7, 11) is -2.71. The highest BCUT2D eigenvalue weighted by molar-refractivity contribution is 7.92. The minimum absolute atomic E-state index is 0.0451. The molecule has 0 radical (unpaired) electrons. The van der Waals surface area contributed by atoms with Crippen LogP contribution >= 0.6 is 23.2 Å². The molecule has 0 heterocycles. The van der Waals surface area contributed by atoms with Crippen LogP contribution in [-0.2, 0) is 32.6 Å². The second-order valence-electron chi connectivity index (χ2n) is 10.7. The zero-order valence-corrected chi connectivity index (χ0v) is 27.4. The molecule has 0 fully saturated rings. The van der Waals surface area contributed by atoms with Gasteiger partial charge in [-0.15, -0.1) is 0 Å². The molecular formula is C34H35Cl2N3O4S. The number of rotatable bonds is 11. The highest BCUT2D eigenvalue weighted by Crippen LogP contribution is 2.30. The van der Waals surface area contributed by atoms with Crippen molar-refractivity contribution < 1.29 is 18.0 Å². The van der Waals surface area contributed by atoms with Crippen molar-refractivity contribution in [2.24, 2.45) is 0 Å². The second-order valence-corrected chi connectivity index (χ2v) is 13.3. The smallest absolute Gasteiger partial charge is 0.264 e. The number of nitrogens with one attached hydrogen (secondary N) is 1. The molecule has 0 aliphatic carbocycles. The molecule has 0 spiro atoms. The summed E-state index contributed by atoms with van der Waals surface area (Å²) in [5, 5.41) is 3.31. The van der Waals surface area contributed by atoms with Crippen molar-refractivity contribution in [3.63, 3.8) is 0 Å². The molecule has 0 bridgehead atoms. The first-order valence-electron chi connectivity index (χ1n) is 14.1. The summed E-state index contributed by atoms with van der Waals surface area (Å²) < 4.78 is 29.5. The molecule has 4 aromatic rings. The van der Waals surface area contributed by atoms with Gasteiger partial charge in [-0.25, -0.2) is 8.42 Å². The van der Waals surface area contributed by atoms with E-state index in [1.807, 2.05) is 50.2 Å². The average Bonchev–Trinajstić information content (AvgIpc) is 2.99. The summed E-state index contributed by atoms with van der Waals surface area (Å²) in [5.74, 6) is -1.01. The van der Waals surface area contributed by atoms with Crippen LogP contribution in [0.15, 0.2) is 95.9 Å². The van der Waals surface area contributed by atoms with Crippen molar-refractivity contribution in [2.45, 2.75) is 44.7 Å². The molecule has 0 aliphatic rings. The van der Waals surface area contributed by atoms with Gasteiger partial charge in [-0.05, 0) is 62.2 Å². The Balaban J connectivity index is 1.84. The van der Waals surface area contributed by atoms with Gasteiger partial charge in [0.05, 0.1) is 10.6 Å². The number of amides is 2. The first-order chi connectivity index (χ1) is 20.9. The molecule has 10 heteroatoms. The summed E-state index contributed by atoms with van der Waals surface area (Å²) in [6.07, 6.45) is 0.183. The Morgan fingerprint density at radius 2 is 1.43 bits per heavy atom. The normalized spacial score (nSPS) is 12.0. The van der Waals surface area contributed by atoms with E-state index in [1.165, 1.54) is 24.1 Å². The molecule has 44 heavy (non-hydrogen) atoms. The van der Waals surface area contributed by atoms with Gasteiger partial charge in [0.2, 0.25) is 11.8 Å². The van der Waals surface area contributed by atoms with E-state index in [2.05, 4.69) is 5.32 Å². The van der Waals surface area contributed by atoms with Gasteiger partial charge in [0.15, 0.2) is 0 Å². The number of halogens is 2. The van der Waals surface area contributed by atoms with Gasteiger partial charge in [0.1, 0.15) is 12.6 Å².